The standard InChI is InChI=1S/C13H21N3/c1-11(2)5-7-13(16-14)8-6-12-4-3-9-15-10-12/h3-4,9-10,13,16H,1,5-8,14H2,2H3. The summed E-state index contributed by atoms with van der Waals surface area (Å²) in [5.74, 6) is 5.53. The quantitative estimate of drug-likeness (QED) is 0.420. The molecular formula is C13H21N3. The van der Waals surface area contributed by atoms with E-state index in [2.05, 4.69) is 30.0 Å². The van der Waals surface area contributed by atoms with E-state index < -0.39 is 0 Å². The van der Waals surface area contributed by atoms with Crippen LogP contribution in [0.25, 0.3) is 0 Å². The van der Waals surface area contributed by atoms with Crippen LogP contribution in [-0.2, 0) is 6.42 Å². The van der Waals surface area contributed by atoms with Crippen molar-refractivity contribution in [3.8, 4) is 0 Å². The van der Waals surface area contributed by atoms with Gasteiger partial charge in [-0.15, -0.1) is 6.58 Å². The molecule has 0 amide bonds. The van der Waals surface area contributed by atoms with E-state index >= 15 is 0 Å². The van der Waals surface area contributed by atoms with Crippen LogP contribution in [0.4, 0.5) is 0 Å². The molecule has 1 rings (SSSR count). The monoisotopic (exact) mass is 219 g/mol. The Balaban J connectivity index is 2.31. The van der Waals surface area contributed by atoms with Gasteiger partial charge in [-0.25, -0.2) is 0 Å². The molecule has 3 N–H and O–H groups in total. The lowest BCUT2D eigenvalue weighted by molar-refractivity contribution is 0.463. The molecule has 0 spiro atoms. The summed E-state index contributed by atoms with van der Waals surface area (Å²) in [6.07, 6.45) is 7.83. The number of hydrogen-bond donors (Lipinski definition) is 2. The first-order valence-corrected chi connectivity index (χ1v) is 5.71. The van der Waals surface area contributed by atoms with Gasteiger partial charge < -0.3 is 0 Å². The van der Waals surface area contributed by atoms with Gasteiger partial charge in [0.05, 0.1) is 0 Å². The molecule has 0 radical (unpaired) electrons. The molecule has 0 bridgehead atoms. The first-order chi connectivity index (χ1) is 7.72. The summed E-state index contributed by atoms with van der Waals surface area (Å²) in [6, 6.07) is 4.42. The molecule has 3 heteroatoms. The van der Waals surface area contributed by atoms with Gasteiger partial charge in [-0.05, 0) is 44.2 Å². The van der Waals surface area contributed by atoms with Crippen LogP contribution in [0.5, 0.6) is 0 Å². The molecule has 0 fully saturated rings. The van der Waals surface area contributed by atoms with Crippen LogP contribution in [0.1, 0.15) is 31.7 Å². The van der Waals surface area contributed by atoms with Crippen LogP contribution in [0.3, 0.4) is 0 Å². The molecule has 0 saturated carbocycles. The van der Waals surface area contributed by atoms with E-state index in [4.69, 9.17) is 5.84 Å². The molecule has 1 heterocycles. The van der Waals surface area contributed by atoms with Crippen molar-refractivity contribution in [2.24, 2.45) is 5.84 Å². The van der Waals surface area contributed by atoms with Crippen molar-refractivity contribution >= 4 is 0 Å². The Bertz CT molecular complexity index is 308. The number of hydrogen-bond acceptors (Lipinski definition) is 3. The maximum Gasteiger partial charge on any atom is 0.0299 e. The number of nitrogens with two attached hydrogens (primary N) is 1. The molecule has 0 saturated heterocycles. The summed E-state index contributed by atoms with van der Waals surface area (Å²) in [6.45, 7) is 5.95. The van der Waals surface area contributed by atoms with E-state index in [0.717, 1.165) is 25.7 Å². The minimum atomic E-state index is 0.358. The van der Waals surface area contributed by atoms with Crippen LogP contribution in [0.15, 0.2) is 36.7 Å². The van der Waals surface area contributed by atoms with Crippen molar-refractivity contribution in [2.45, 2.75) is 38.6 Å². The van der Waals surface area contributed by atoms with Gasteiger partial charge >= 0.3 is 0 Å². The Morgan fingerprint density at radius 3 is 2.94 bits per heavy atom. The second-order valence-corrected chi connectivity index (χ2v) is 4.26. The van der Waals surface area contributed by atoms with Crippen LogP contribution < -0.4 is 11.3 Å². The van der Waals surface area contributed by atoms with Gasteiger partial charge in [0, 0.05) is 18.4 Å². The predicted octanol–water partition coefficient (Wildman–Crippen LogP) is 2.20. The first-order valence-electron chi connectivity index (χ1n) is 5.71. The average molecular weight is 219 g/mol. The highest BCUT2D eigenvalue weighted by Crippen LogP contribution is 2.10. The molecular weight excluding hydrogens is 198 g/mol. The Kier molecular flexibility index (Phi) is 5.75. The lowest BCUT2D eigenvalue weighted by Crippen LogP contribution is -2.35. The zero-order valence-electron chi connectivity index (χ0n) is 9.95. The smallest absolute Gasteiger partial charge is 0.0299 e. The fourth-order valence-corrected chi connectivity index (χ4v) is 1.62. The van der Waals surface area contributed by atoms with Crippen molar-refractivity contribution in [1.82, 2.24) is 10.4 Å². The van der Waals surface area contributed by atoms with Gasteiger partial charge in [-0.1, -0.05) is 11.6 Å². The molecule has 1 unspecified atom stereocenters. The Hall–Kier alpha value is -1.19. The van der Waals surface area contributed by atoms with E-state index in [1.54, 1.807) is 6.20 Å². The molecule has 0 aromatic carbocycles. The van der Waals surface area contributed by atoms with Crippen LogP contribution >= 0.6 is 0 Å². The highest BCUT2D eigenvalue weighted by molar-refractivity contribution is 5.08. The number of nitrogens with zero attached hydrogens (tertiary/aromatic N) is 1. The molecule has 1 atom stereocenters. The predicted molar refractivity (Wildman–Crippen MR) is 67.7 cm³/mol. The normalized spacial score (nSPS) is 12.4. The topological polar surface area (TPSA) is 50.9 Å². The molecule has 0 aliphatic heterocycles. The molecule has 0 aliphatic carbocycles. The fraction of sp³-hybridized carbons (Fsp3) is 0.462. The van der Waals surface area contributed by atoms with Crippen molar-refractivity contribution in [1.29, 1.82) is 0 Å². The van der Waals surface area contributed by atoms with E-state index in [-0.39, 0.29) is 0 Å². The third-order valence-electron chi connectivity index (χ3n) is 2.66. The maximum absolute atomic E-state index is 5.53. The Labute approximate surface area is 97.7 Å². The van der Waals surface area contributed by atoms with Gasteiger partial charge in [-0.2, -0.15) is 0 Å². The van der Waals surface area contributed by atoms with Gasteiger partial charge in [-0.3, -0.25) is 16.3 Å². The third kappa shape index (κ3) is 5.05. The van der Waals surface area contributed by atoms with Crippen LogP contribution in [-0.4, -0.2) is 11.0 Å². The highest BCUT2D eigenvalue weighted by Gasteiger charge is 2.06. The second kappa shape index (κ2) is 7.14. The highest BCUT2D eigenvalue weighted by atomic mass is 15.2. The third-order valence-corrected chi connectivity index (χ3v) is 2.66. The second-order valence-electron chi connectivity index (χ2n) is 4.26. The molecule has 0 aliphatic rings. The van der Waals surface area contributed by atoms with Crippen molar-refractivity contribution in [2.75, 3.05) is 0 Å². The minimum absolute atomic E-state index is 0.358. The zero-order valence-corrected chi connectivity index (χ0v) is 9.95. The van der Waals surface area contributed by atoms with Gasteiger partial charge in [0.15, 0.2) is 0 Å². The number of nitrogens with one attached hydrogen (secondary N) is 1. The van der Waals surface area contributed by atoms with Crippen LogP contribution in [0, 0.1) is 0 Å². The SMILES string of the molecule is C=C(C)CCC(CCc1cccnc1)NN. The summed E-state index contributed by atoms with van der Waals surface area (Å²) in [7, 11) is 0. The average Bonchev–Trinajstić information content (AvgIpc) is 2.30. The summed E-state index contributed by atoms with van der Waals surface area (Å²) >= 11 is 0. The number of pyridine rings is 1. The lowest BCUT2D eigenvalue weighted by atomic mass is 10.0. The Morgan fingerprint density at radius 2 is 2.38 bits per heavy atom. The maximum atomic E-state index is 5.53. The fourth-order valence-electron chi connectivity index (χ4n) is 1.62. The zero-order chi connectivity index (χ0) is 11.8. The van der Waals surface area contributed by atoms with Gasteiger partial charge in [0.2, 0.25) is 0 Å². The number of aryl methyl sites for hydroxylation is 1. The summed E-state index contributed by atoms with van der Waals surface area (Å²) in [4.78, 5) is 4.10. The van der Waals surface area contributed by atoms with Crippen molar-refractivity contribution in [3.63, 3.8) is 0 Å². The van der Waals surface area contributed by atoms with E-state index in [0.29, 0.717) is 6.04 Å². The number of aromatic nitrogens is 1. The summed E-state index contributed by atoms with van der Waals surface area (Å²) in [5.41, 5.74) is 5.34. The van der Waals surface area contributed by atoms with E-state index in [9.17, 15) is 0 Å². The van der Waals surface area contributed by atoms with Crippen LogP contribution in [0.2, 0.25) is 0 Å². The van der Waals surface area contributed by atoms with E-state index in [1.807, 2.05) is 12.3 Å². The molecule has 16 heavy (non-hydrogen) atoms. The molecule has 3 nitrogen and oxygen atoms in total. The lowest BCUT2D eigenvalue weighted by Gasteiger charge is -2.15. The largest absolute Gasteiger partial charge is 0.271 e. The van der Waals surface area contributed by atoms with Gasteiger partial charge in [0.25, 0.3) is 0 Å². The number of hydrazine groups is 1. The van der Waals surface area contributed by atoms with Crippen molar-refractivity contribution in [3.05, 3.63) is 42.2 Å². The minimum Gasteiger partial charge on any atom is -0.271 e. The number of rotatable bonds is 7. The van der Waals surface area contributed by atoms with Gasteiger partial charge in [0.1, 0.15) is 0 Å². The Morgan fingerprint density at radius 1 is 1.56 bits per heavy atom. The van der Waals surface area contributed by atoms with E-state index in [1.165, 1.54) is 11.1 Å². The molecule has 1 aromatic rings. The van der Waals surface area contributed by atoms with Crippen molar-refractivity contribution < 1.29 is 0 Å². The number of allylic oxidation sites excluding steroid dienone is 1. The summed E-state index contributed by atoms with van der Waals surface area (Å²) in [5, 5.41) is 0. The molecule has 88 valence electrons. The molecule has 1 aromatic heterocycles. The summed E-state index contributed by atoms with van der Waals surface area (Å²) < 4.78 is 0. The first kappa shape index (κ1) is 12.9.